The van der Waals surface area contributed by atoms with Crippen LogP contribution in [0.15, 0.2) is 48.5 Å². The number of hydrogen-bond donors (Lipinski definition) is 1. The molecule has 0 spiro atoms. The Balaban J connectivity index is 2.22. The minimum absolute atomic E-state index is 0.110. The first-order valence-electron chi connectivity index (χ1n) is 7.02. The molecule has 8 heteroatoms. The SMILES string of the molecule is COC(=O)c1ccc([N+](=O)[O-])c(/C=C/C(=O)Nc2ccc(Cl)cc2)c1. The molecule has 0 aliphatic carbocycles. The summed E-state index contributed by atoms with van der Waals surface area (Å²) in [5.41, 5.74) is 0.546. The zero-order chi connectivity index (χ0) is 18.4. The van der Waals surface area contributed by atoms with Crippen molar-refractivity contribution >= 4 is 40.9 Å². The van der Waals surface area contributed by atoms with E-state index < -0.39 is 16.8 Å². The van der Waals surface area contributed by atoms with Gasteiger partial charge in [-0.2, -0.15) is 0 Å². The average Bonchev–Trinajstić information content (AvgIpc) is 2.60. The van der Waals surface area contributed by atoms with Crippen LogP contribution in [0.5, 0.6) is 0 Å². The molecular weight excluding hydrogens is 348 g/mol. The van der Waals surface area contributed by atoms with Gasteiger partial charge in [-0.05, 0) is 42.5 Å². The van der Waals surface area contributed by atoms with Crippen LogP contribution in [0.25, 0.3) is 6.08 Å². The number of esters is 1. The van der Waals surface area contributed by atoms with E-state index in [4.69, 9.17) is 11.6 Å². The number of methoxy groups -OCH3 is 1. The number of nitrogens with zero attached hydrogens (tertiary/aromatic N) is 1. The Kier molecular flexibility index (Phi) is 5.86. The molecular formula is C17H13ClN2O5. The molecule has 0 unspecified atom stereocenters. The maximum atomic E-state index is 11.9. The molecule has 0 saturated heterocycles. The predicted octanol–water partition coefficient (Wildman–Crippen LogP) is 3.69. The summed E-state index contributed by atoms with van der Waals surface area (Å²) in [6.45, 7) is 0. The summed E-state index contributed by atoms with van der Waals surface area (Å²) in [7, 11) is 1.21. The van der Waals surface area contributed by atoms with Crippen LogP contribution < -0.4 is 5.32 Å². The number of nitro groups is 1. The standard InChI is InChI=1S/C17H13ClN2O5/c1-25-17(22)12-2-8-15(20(23)24)11(10-12)3-9-16(21)19-14-6-4-13(18)5-7-14/h2-10H,1H3,(H,19,21)/b9-3+. The van der Waals surface area contributed by atoms with Crippen LogP contribution in [-0.2, 0) is 9.53 Å². The molecule has 128 valence electrons. The van der Waals surface area contributed by atoms with Gasteiger partial charge in [0.05, 0.1) is 23.2 Å². The van der Waals surface area contributed by atoms with Crippen molar-refractivity contribution in [1.29, 1.82) is 0 Å². The molecule has 1 amide bonds. The number of halogens is 1. The zero-order valence-electron chi connectivity index (χ0n) is 13.1. The molecule has 0 fully saturated rings. The van der Waals surface area contributed by atoms with Gasteiger partial charge in [0, 0.05) is 22.9 Å². The molecule has 25 heavy (non-hydrogen) atoms. The normalized spacial score (nSPS) is 10.5. The molecule has 0 aromatic heterocycles. The fourth-order valence-electron chi connectivity index (χ4n) is 1.98. The van der Waals surface area contributed by atoms with Gasteiger partial charge in [-0.15, -0.1) is 0 Å². The van der Waals surface area contributed by atoms with E-state index in [1.54, 1.807) is 24.3 Å². The third-order valence-corrected chi connectivity index (χ3v) is 3.42. The molecule has 2 rings (SSSR count). The van der Waals surface area contributed by atoms with E-state index in [0.29, 0.717) is 10.7 Å². The lowest BCUT2D eigenvalue weighted by atomic mass is 10.1. The molecule has 0 radical (unpaired) electrons. The lowest BCUT2D eigenvalue weighted by Crippen LogP contribution is -2.07. The number of nitrogens with one attached hydrogen (secondary N) is 1. The first-order valence-corrected chi connectivity index (χ1v) is 7.40. The molecule has 0 aliphatic heterocycles. The third-order valence-electron chi connectivity index (χ3n) is 3.17. The Bertz CT molecular complexity index is 847. The Hall–Kier alpha value is -3.19. The van der Waals surface area contributed by atoms with Gasteiger partial charge in [0.1, 0.15) is 0 Å². The number of nitro benzene ring substituents is 1. The van der Waals surface area contributed by atoms with E-state index in [-0.39, 0.29) is 16.8 Å². The summed E-state index contributed by atoms with van der Waals surface area (Å²) < 4.78 is 4.58. The van der Waals surface area contributed by atoms with E-state index in [0.717, 1.165) is 6.08 Å². The topological polar surface area (TPSA) is 98.5 Å². The molecule has 0 saturated carbocycles. The van der Waals surface area contributed by atoms with Crippen molar-refractivity contribution in [2.75, 3.05) is 12.4 Å². The van der Waals surface area contributed by atoms with Crippen LogP contribution in [0, 0.1) is 10.1 Å². The summed E-state index contributed by atoms with van der Waals surface area (Å²) in [6.07, 6.45) is 2.40. The quantitative estimate of drug-likeness (QED) is 0.379. The van der Waals surface area contributed by atoms with Crippen LogP contribution in [0.2, 0.25) is 5.02 Å². The second kappa shape index (κ2) is 8.07. The van der Waals surface area contributed by atoms with E-state index in [9.17, 15) is 19.7 Å². The number of anilines is 1. The molecule has 2 aromatic rings. The van der Waals surface area contributed by atoms with Crippen LogP contribution >= 0.6 is 11.6 Å². The van der Waals surface area contributed by atoms with Gasteiger partial charge in [0.25, 0.3) is 5.69 Å². The minimum atomic E-state index is -0.629. The third kappa shape index (κ3) is 4.89. The van der Waals surface area contributed by atoms with Gasteiger partial charge in [-0.1, -0.05) is 11.6 Å². The van der Waals surface area contributed by atoms with Crippen molar-refractivity contribution in [1.82, 2.24) is 0 Å². The number of carbonyl (C=O) groups is 2. The van der Waals surface area contributed by atoms with E-state index in [1.807, 2.05) is 0 Å². The highest BCUT2D eigenvalue weighted by Gasteiger charge is 2.15. The molecule has 0 heterocycles. The van der Waals surface area contributed by atoms with Gasteiger partial charge in [0.15, 0.2) is 0 Å². The highest BCUT2D eigenvalue weighted by atomic mass is 35.5. The highest BCUT2D eigenvalue weighted by Crippen LogP contribution is 2.22. The van der Waals surface area contributed by atoms with E-state index in [2.05, 4.69) is 10.1 Å². The molecule has 0 bridgehead atoms. The first-order chi connectivity index (χ1) is 11.9. The summed E-state index contributed by atoms with van der Waals surface area (Å²) in [5, 5.41) is 14.2. The minimum Gasteiger partial charge on any atom is -0.465 e. The largest absolute Gasteiger partial charge is 0.465 e. The van der Waals surface area contributed by atoms with Gasteiger partial charge < -0.3 is 10.1 Å². The van der Waals surface area contributed by atoms with Crippen molar-refractivity contribution in [2.24, 2.45) is 0 Å². The summed E-state index contributed by atoms with van der Waals surface area (Å²) in [5.74, 6) is -1.12. The van der Waals surface area contributed by atoms with Crippen molar-refractivity contribution in [2.45, 2.75) is 0 Å². The van der Waals surface area contributed by atoms with E-state index >= 15 is 0 Å². The number of amides is 1. The maximum absolute atomic E-state index is 11.9. The maximum Gasteiger partial charge on any atom is 0.337 e. The van der Waals surface area contributed by atoms with E-state index in [1.165, 1.54) is 31.4 Å². The molecule has 0 atom stereocenters. The summed E-state index contributed by atoms with van der Waals surface area (Å²) in [6, 6.07) is 10.2. The van der Waals surface area contributed by atoms with Gasteiger partial charge >= 0.3 is 5.97 Å². The first kappa shape index (κ1) is 18.2. The molecule has 7 nitrogen and oxygen atoms in total. The summed E-state index contributed by atoms with van der Waals surface area (Å²) in [4.78, 5) is 34.0. The van der Waals surface area contributed by atoms with Gasteiger partial charge in [-0.25, -0.2) is 4.79 Å². The fourth-order valence-corrected chi connectivity index (χ4v) is 2.11. The Morgan fingerprint density at radius 2 is 1.88 bits per heavy atom. The van der Waals surface area contributed by atoms with Crippen molar-refractivity contribution in [3.05, 3.63) is 74.8 Å². The van der Waals surface area contributed by atoms with Gasteiger partial charge in [-0.3, -0.25) is 14.9 Å². The number of ether oxygens (including phenoxy) is 1. The molecule has 1 N–H and O–H groups in total. The number of carbonyl (C=O) groups excluding carboxylic acids is 2. The highest BCUT2D eigenvalue weighted by molar-refractivity contribution is 6.30. The Labute approximate surface area is 148 Å². The lowest BCUT2D eigenvalue weighted by Gasteiger charge is -2.03. The average molecular weight is 361 g/mol. The van der Waals surface area contributed by atoms with Crippen LogP contribution in [-0.4, -0.2) is 23.9 Å². The monoisotopic (exact) mass is 360 g/mol. The molecule has 2 aromatic carbocycles. The number of benzene rings is 2. The zero-order valence-corrected chi connectivity index (χ0v) is 13.8. The van der Waals surface area contributed by atoms with Crippen LogP contribution in [0.4, 0.5) is 11.4 Å². The fraction of sp³-hybridized carbons (Fsp3) is 0.0588. The van der Waals surface area contributed by atoms with Crippen molar-refractivity contribution < 1.29 is 19.2 Å². The van der Waals surface area contributed by atoms with Gasteiger partial charge in [0.2, 0.25) is 5.91 Å². The van der Waals surface area contributed by atoms with Crippen LogP contribution in [0.1, 0.15) is 15.9 Å². The second-order valence-electron chi connectivity index (χ2n) is 4.85. The predicted molar refractivity (Wildman–Crippen MR) is 93.6 cm³/mol. The van der Waals surface area contributed by atoms with Crippen molar-refractivity contribution in [3.63, 3.8) is 0 Å². The lowest BCUT2D eigenvalue weighted by molar-refractivity contribution is -0.385. The van der Waals surface area contributed by atoms with Crippen LogP contribution in [0.3, 0.4) is 0 Å². The molecule has 0 aliphatic rings. The van der Waals surface area contributed by atoms with Crippen molar-refractivity contribution in [3.8, 4) is 0 Å². The second-order valence-corrected chi connectivity index (χ2v) is 5.29. The Morgan fingerprint density at radius 3 is 2.48 bits per heavy atom. The summed E-state index contributed by atoms with van der Waals surface area (Å²) >= 11 is 5.76. The smallest absolute Gasteiger partial charge is 0.337 e. The number of rotatable bonds is 5. The Morgan fingerprint density at radius 1 is 1.20 bits per heavy atom. The number of hydrogen-bond acceptors (Lipinski definition) is 5.